The zero-order valence-corrected chi connectivity index (χ0v) is 11.7. The number of carboxylic acids is 1. The van der Waals surface area contributed by atoms with Crippen LogP contribution in [0.1, 0.15) is 29.2 Å². The van der Waals surface area contributed by atoms with Crippen LogP contribution in [0, 0.1) is 5.82 Å². The first-order chi connectivity index (χ1) is 8.99. The van der Waals surface area contributed by atoms with Crippen molar-refractivity contribution in [2.45, 2.75) is 18.9 Å². The Labute approximate surface area is 124 Å². The zero-order valence-electron chi connectivity index (χ0n) is 10.1. The van der Waals surface area contributed by atoms with Crippen LogP contribution in [0.4, 0.5) is 4.39 Å². The summed E-state index contributed by atoms with van der Waals surface area (Å²) in [7, 11) is 0. The van der Waals surface area contributed by atoms with E-state index in [4.69, 9.17) is 16.7 Å². The molecule has 0 spiro atoms. The van der Waals surface area contributed by atoms with E-state index in [1.807, 2.05) is 0 Å². The highest BCUT2D eigenvalue weighted by molar-refractivity contribution is 6.31. The monoisotopic (exact) mass is 317 g/mol. The molecule has 106 valence electrons. The van der Waals surface area contributed by atoms with Gasteiger partial charge in [-0.2, -0.15) is 0 Å². The summed E-state index contributed by atoms with van der Waals surface area (Å²) >= 11 is 5.73. The zero-order chi connectivity index (χ0) is 13.7. The van der Waals surface area contributed by atoms with Gasteiger partial charge < -0.3 is 9.67 Å². The molecule has 0 unspecified atom stereocenters. The molecular weight excluding hydrogens is 308 g/mol. The van der Waals surface area contributed by atoms with Gasteiger partial charge in [-0.3, -0.25) is 4.79 Å². The van der Waals surface area contributed by atoms with E-state index in [1.54, 1.807) is 4.57 Å². The first-order valence-electron chi connectivity index (χ1n) is 5.76. The standard InChI is InChI=1S/C13H9ClFNO3.ClH/c14-9-4-11-7(3-10(9)15)12(17)8(13(18)19)5-16(11)6-1-2-6;/h3-6H,1-2H2,(H,18,19);1H. The second kappa shape index (κ2) is 5.07. The summed E-state index contributed by atoms with van der Waals surface area (Å²) in [6.45, 7) is 0. The lowest BCUT2D eigenvalue weighted by molar-refractivity contribution is 0.0695. The third-order valence-corrected chi connectivity index (χ3v) is 3.53. The molecule has 0 saturated heterocycles. The predicted molar refractivity (Wildman–Crippen MR) is 75.7 cm³/mol. The molecule has 1 heterocycles. The summed E-state index contributed by atoms with van der Waals surface area (Å²) in [6, 6.07) is 2.53. The summed E-state index contributed by atoms with van der Waals surface area (Å²) < 4.78 is 15.2. The van der Waals surface area contributed by atoms with E-state index in [2.05, 4.69) is 0 Å². The number of hydrogen-bond acceptors (Lipinski definition) is 2. The number of nitrogens with zero attached hydrogens (tertiary/aromatic N) is 1. The van der Waals surface area contributed by atoms with Crippen molar-refractivity contribution < 1.29 is 14.3 Å². The first kappa shape index (κ1) is 14.8. The molecule has 3 rings (SSSR count). The maximum atomic E-state index is 13.5. The SMILES string of the molecule is Cl.O=C(O)c1cn(C2CC2)c2cc(Cl)c(F)cc2c1=O. The highest BCUT2D eigenvalue weighted by Crippen LogP contribution is 2.37. The second-order valence-corrected chi connectivity index (χ2v) is 5.01. The Bertz CT molecular complexity index is 768. The molecule has 1 fully saturated rings. The molecule has 1 aromatic heterocycles. The lowest BCUT2D eigenvalue weighted by atomic mass is 10.1. The van der Waals surface area contributed by atoms with E-state index in [0.717, 1.165) is 18.9 Å². The van der Waals surface area contributed by atoms with E-state index < -0.39 is 17.2 Å². The van der Waals surface area contributed by atoms with Gasteiger partial charge in [0, 0.05) is 17.6 Å². The normalized spacial score (nSPS) is 14.1. The Balaban J connectivity index is 0.00000147. The van der Waals surface area contributed by atoms with Crippen molar-refractivity contribution in [3.8, 4) is 0 Å². The van der Waals surface area contributed by atoms with E-state index in [9.17, 15) is 14.0 Å². The number of benzene rings is 1. The number of hydrogen-bond donors (Lipinski definition) is 1. The molecule has 7 heteroatoms. The minimum absolute atomic E-state index is 0. The molecule has 4 nitrogen and oxygen atoms in total. The molecule has 0 radical (unpaired) electrons. The topological polar surface area (TPSA) is 59.3 Å². The summed E-state index contributed by atoms with van der Waals surface area (Å²) in [6.07, 6.45) is 3.14. The van der Waals surface area contributed by atoms with Gasteiger partial charge in [0.25, 0.3) is 0 Å². The summed E-state index contributed by atoms with van der Waals surface area (Å²) in [5.74, 6) is -2.03. The van der Waals surface area contributed by atoms with Gasteiger partial charge >= 0.3 is 5.97 Å². The van der Waals surface area contributed by atoms with Crippen LogP contribution < -0.4 is 5.43 Å². The fourth-order valence-corrected chi connectivity index (χ4v) is 2.31. The van der Waals surface area contributed by atoms with Crippen molar-refractivity contribution in [3.63, 3.8) is 0 Å². The van der Waals surface area contributed by atoms with Crippen molar-refractivity contribution in [2.75, 3.05) is 0 Å². The van der Waals surface area contributed by atoms with E-state index in [0.29, 0.717) is 5.52 Å². The van der Waals surface area contributed by atoms with Crippen molar-refractivity contribution >= 4 is 40.9 Å². The highest BCUT2D eigenvalue weighted by Gasteiger charge is 2.27. The maximum Gasteiger partial charge on any atom is 0.341 e. The smallest absolute Gasteiger partial charge is 0.341 e. The van der Waals surface area contributed by atoms with Crippen LogP contribution >= 0.6 is 24.0 Å². The van der Waals surface area contributed by atoms with Gasteiger partial charge in [0.15, 0.2) is 0 Å². The van der Waals surface area contributed by atoms with Gasteiger partial charge in [-0.15, -0.1) is 12.4 Å². The molecule has 1 aliphatic carbocycles. The number of aromatic nitrogens is 1. The summed E-state index contributed by atoms with van der Waals surface area (Å²) in [5, 5.41) is 9.01. The molecule has 0 amide bonds. The van der Waals surface area contributed by atoms with Crippen molar-refractivity contribution in [1.82, 2.24) is 4.57 Å². The Hall–Kier alpha value is -1.59. The lowest BCUT2D eigenvalue weighted by Crippen LogP contribution is -2.18. The van der Waals surface area contributed by atoms with Crippen molar-refractivity contribution in [3.05, 3.63) is 45.0 Å². The third kappa shape index (κ3) is 2.27. The first-order valence-corrected chi connectivity index (χ1v) is 6.14. The van der Waals surface area contributed by atoms with Crippen molar-refractivity contribution in [2.24, 2.45) is 0 Å². The number of halogens is 3. The number of carbonyl (C=O) groups is 1. The average molecular weight is 318 g/mol. The van der Waals surface area contributed by atoms with Gasteiger partial charge in [0.1, 0.15) is 11.4 Å². The molecule has 1 aliphatic rings. The van der Waals surface area contributed by atoms with Gasteiger partial charge in [0.2, 0.25) is 5.43 Å². The Kier molecular flexibility index (Phi) is 3.75. The fourth-order valence-electron chi connectivity index (χ4n) is 2.15. The Morgan fingerprint density at radius 2 is 2.05 bits per heavy atom. The quantitative estimate of drug-likeness (QED) is 0.925. The number of fused-ring (bicyclic) bond motifs is 1. The molecule has 0 bridgehead atoms. The van der Waals surface area contributed by atoms with Gasteiger partial charge in [-0.25, -0.2) is 9.18 Å². The minimum atomic E-state index is -1.31. The molecular formula is C13H10Cl2FNO3. The molecule has 0 aliphatic heterocycles. The lowest BCUT2D eigenvalue weighted by Gasteiger charge is -2.11. The number of rotatable bonds is 2. The number of aromatic carboxylic acids is 1. The molecule has 1 aromatic carbocycles. The Morgan fingerprint density at radius 3 is 2.60 bits per heavy atom. The molecule has 20 heavy (non-hydrogen) atoms. The van der Waals surface area contributed by atoms with Crippen LogP contribution in [-0.2, 0) is 0 Å². The van der Waals surface area contributed by atoms with E-state index in [1.165, 1.54) is 12.3 Å². The molecule has 1 N–H and O–H groups in total. The van der Waals surface area contributed by atoms with Gasteiger partial charge in [0.05, 0.1) is 10.5 Å². The summed E-state index contributed by atoms with van der Waals surface area (Å²) in [5.41, 5.74) is -0.556. The number of pyridine rings is 1. The van der Waals surface area contributed by atoms with Crippen LogP contribution in [0.5, 0.6) is 0 Å². The Morgan fingerprint density at radius 1 is 1.40 bits per heavy atom. The maximum absolute atomic E-state index is 13.5. The third-order valence-electron chi connectivity index (χ3n) is 3.24. The van der Waals surface area contributed by atoms with E-state index in [-0.39, 0.29) is 34.4 Å². The van der Waals surface area contributed by atoms with Gasteiger partial charge in [-0.1, -0.05) is 11.6 Å². The van der Waals surface area contributed by atoms with E-state index >= 15 is 0 Å². The highest BCUT2D eigenvalue weighted by atomic mass is 35.5. The fraction of sp³-hybridized carbons (Fsp3) is 0.231. The van der Waals surface area contributed by atoms with Gasteiger partial charge in [-0.05, 0) is 25.0 Å². The number of carboxylic acid groups (broad SMARTS) is 1. The minimum Gasteiger partial charge on any atom is -0.477 e. The summed E-state index contributed by atoms with van der Waals surface area (Å²) in [4.78, 5) is 23.1. The predicted octanol–water partition coefficient (Wildman–Crippen LogP) is 3.25. The van der Waals surface area contributed by atoms with Crippen LogP contribution in [0.3, 0.4) is 0 Å². The van der Waals surface area contributed by atoms with Crippen LogP contribution in [0.2, 0.25) is 5.02 Å². The van der Waals surface area contributed by atoms with Crippen LogP contribution in [0.15, 0.2) is 23.1 Å². The molecule has 1 saturated carbocycles. The van der Waals surface area contributed by atoms with Crippen molar-refractivity contribution in [1.29, 1.82) is 0 Å². The molecule has 2 aromatic rings. The molecule has 0 atom stereocenters. The average Bonchev–Trinajstić information content (AvgIpc) is 3.16. The largest absolute Gasteiger partial charge is 0.477 e. The van der Waals surface area contributed by atoms with Crippen LogP contribution in [-0.4, -0.2) is 15.6 Å². The second-order valence-electron chi connectivity index (χ2n) is 4.60. The van der Waals surface area contributed by atoms with Crippen LogP contribution in [0.25, 0.3) is 10.9 Å².